The molecule has 0 amide bonds. The maximum atomic E-state index is 13.5. The first-order valence-electron chi connectivity index (χ1n) is 7.38. The van der Waals surface area contributed by atoms with Crippen LogP contribution in [0.3, 0.4) is 0 Å². The van der Waals surface area contributed by atoms with Crippen molar-refractivity contribution in [3.8, 4) is 11.5 Å². The van der Waals surface area contributed by atoms with Crippen LogP contribution in [0.1, 0.15) is 11.1 Å². The number of halogens is 2. The molecule has 0 heterocycles. The quantitative estimate of drug-likeness (QED) is 0.404. The summed E-state index contributed by atoms with van der Waals surface area (Å²) in [6.07, 6.45) is 0. The van der Waals surface area contributed by atoms with Gasteiger partial charge in [-0.2, -0.15) is 0 Å². The van der Waals surface area contributed by atoms with E-state index in [1.807, 2.05) is 31.2 Å². The fourth-order valence-electron chi connectivity index (χ4n) is 1.80. The van der Waals surface area contributed by atoms with Crippen molar-refractivity contribution in [1.82, 2.24) is 0 Å². The fourth-order valence-corrected chi connectivity index (χ4v) is 2.30. The van der Waals surface area contributed by atoms with Gasteiger partial charge < -0.3 is 0 Å². The van der Waals surface area contributed by atoms with Gasteiger partial charge in [0, 0.05) is 5.56 Å². The summed E-state index contributed by atoms with van der Waals surface area (Å²) in [6.45, 7) is 8.35. The molecule has 1 nitrogen and oxygen atoms in total. The Morgan fingerprint density at radius 2 is 1.61 bits per heavy atom. The third-order valence-electron chi connectivity index (χ3n) is 3.02. The van der Waals surface area contributed by atoms with E-state index in [0.29, 0.717) is 11.3 Å². The van der Waals surface area contributed by atoms with Gasteiger partial charge in [0.2, 0.25) is 0 Å². The van der Waals surface area contributed by atoms with E-state index in [4.69, 9.17) is 0 Å². The molecule has 23 heavy (non-hydrogen) atoms. The molecule has 0 atom stereocenters. The van der Waals surface area contributed by atoms with Gasteiger partial charge in [0.05, 0.1) is 5.69 Å². The van der Waals surface area contributed by atoms with E-state index in [0.717, 1.165) is 23.4 Å². The molecule has 2 rings (SSSR count). The van der Waals surface area contributed by atoms with E-state index < -0.39 is 19.7 Å². The van der Waals surface area contributed by atoms with Gasteiger partial charge in [-0.05, 0) is 37.3 Å². The second-order valence-electron chi connectivity index (χ2n) is 6.42. The minimum Gasteiger partial charge on any atom is -0.239 e. The van der Waals surface area contributed by atoms with Crippen molar-refractivity contribution in [2.45, 2.75) is 26.6 Å². The Hall–Kier alpha value is -2.25. The molecule has 0 saturated heterocycles. The lowest BCUT2D eigenvalue weighted by Gasteiger charge is -2.06. The highest BCUT2D eigenvalue weighted by Gasteiger charge is 2.10. The Bertz CT molecular complexity index is 791. The molecule has 0 aliphatic carbocycles. The Morgan fingerprint density at radius 3 is 2.17 bits per heavy atom. The lowest BCUT2D eigenvalue weighted by atomic mass is 10.1. The summed E-state index contributed by atoms with van der Waals surface area (Å²) in [5.74, 6) is 1.29. The average Bonchev–Trinajstić information content (AvgIpc) is 2.47. The topological polar surface area (TPSA) is 12.4 Å². The first-order valence-corrected chi connectivity index (χ1v) is 10.9. The van der Waals surface area contributed by atoms with Crippen LogP contribution in [-0.4, -0.2) is 13.8 Å². The normalized spacial score (nSPS) is 11.8. The summed E-state index contributed by atoms with van der Waals surface area (Å²) in [6, 6.07) is 11.4. The number of aliphatic imine (C=N–C) groups is 1. The molecule has 0 aliphatic heterocycles. The van der Waals surface area contributed by atoms with Gasteiger partial charge in [-0.1, -0.05) is 43.3 Å². The molecule has 0 aliphatic rings. The van der Waals surface area contributed by atoms with Gasteiger partial charge >= 0.3 is 0 Å². The first-order chi connectivity index (χ1) is 10.7. The minimum absolute atomic E-state index is 0.454. The Morgan fingerprint density at radius 1 is 0.957 bits per heavy atom. The maximum absolute atomic E-state index is 13.5. The van der Waals surface area contributed by atoms with Gasteiger partial charge in [0.1, 0.15) is 13.8 Å². The second kappa shape index (κ2) is 6.89. The number of nitrogens with zero attached hydrogens (tertiary/aromatic N) is 1. The lowest BCUT2D eigenvalue weighted by Crippen LogP contribution is -2.17. The number of rotatable bonds is 2. The molecule has 2 aromatic rings. The molecular weight excluding hydrogens is 308 g/mol. The van der Waals surface area contributed by atoms with Gasteiger partial charge in [0.15, 0.2) is 11.6 Å². The Balaban J connectivity index is 2.52. The lowest BCUT2D eigenvalue weighted by molar-refractivity contribution is 0.508. The third-order valence-corrected chi connectivity index (χ3v) is 3.90. The van der Waals surface area contributed by atoms with Crippen LogP contribution in [0.4, 0.5) is 14.5 Å². The van der Waals surface area contributed by atoms with Crippen LogP contribution in [0.5, 0.6) is 0 Å². The van der Waals surface area contributed by atoms with Crippen LogP contribution < -0.4 is 0 Å². The van der Waals surface area contributed by atoms with Crippen molar-refractivity contribution in [2.24, 2.45) is 4.99 Å². The largest absolute Gasteiger partial charge is 0.239 e. The highest BCUT2D eigenvalue weighted by molar-refractivity contribution is 6.84. The Labute approximate surface area is 137 Å². The molecule has 0 unspecified atom stereocenters. The van der Waals surface area contributed by atoms with E-state index in [9.17, 15) is 8.78 Å². The van der Waals surface area contributed by atoms with Crippen molar-refractivity contribution in [1.29, 1.82) is 0 Å². The zero-order valence-corrected chi connectivity index (χ0v) is 14.7. The Kier molecular flexibility index (Phi) is 5.12. The number of benzene rings is 2. The first kappa shape index (κ1) is 17.1. The zero-order chi connectivity index (χ0) is 17.0. The van der Waals surface area contributed by atoms with Crippen LogP contribution in [0.15, 0.2) is 47.5 Å². The van der Waals surface area contributed by atoms with E-state index in [-0.39, 0.29) is 0 Å². The van der Waals surface area contributed by atoms with E-state index in [2.05, 4.69) is 36.1 Å². The maximum Gasteiger partial charge on any atom is 0.159 e. The third kappa shape index (κ3) is 5.15. The summed E-state index contributed by atoms with van der Waals surface area (Å²) in [4.78, 5) is 4.52. The van der Waals surface area contributed by atoms with Crippen LogP contribution in [0.2, 0.25) is 19.6 Å². The van der Waals surface area contributed by atoms with Crippen LogP contribution in [0, 0.1) is 30.0 Å². The van der Waals surface area contributed by atoms with Crippen molar-refractivity contribution >= 4 is 19.5 Å². The van der Waals surface area contributed by atoms with Crippen LogP contribution >= 0.6 is 0 Å². The van der Waals surface area contributed by atoms with Gasteiger partial charge in [0.25, 0.3) is 0 Å². The van der Waals surface area contributed by atoms with Gasteiger partial charge in [-0.15, -0.1) is 5.54 Å². The molecule has 0 spiro atoms. The second-order valence-corrected chi connectivity index (χ2v) is 11.2. The monoisotopic (exact) mass is 327 g/mol. The van der Waals surface area contributed by atoms with E-state index >= 15 is 0 Å². The highest BCUT2D eigenvalue weighted by atomic mass is 28.3. The van der Waals surface area contributed by atoms with Crippen LogP contribution in [0.25, 0.3) is 0 Å². The SMILES string of the molecule is Cc1ccc(N=C(C#C[Si](C)(C)C)c2ccc(F)c(F)c2)cc1. The number of hydrogen-bond acceptors (Lipinski definition) is 1. The standard InChI is InChI=1S/C19H19F2NSi/c1-14-5-8-16(9-6-14)22-19(11-12-23(2,3)4)15-7-10-17(20)18(21)13-15/h5-10,13H,1-4H3. The molecule has 0 saturated carbocycles. The predicted molar refractivity (Wildman–Crippen MR) is 94.9 cm³/mol. The molecule has 0 bridgehead atoms. The van der Waals surface area contributed by atoms with Crippen molar-refractivity contribution in [3.63, 3.8) is 0 Å². The molecule has 0 N–H and O–H groups in total. The summed E-state index contributed by atoms with van der Waals surface area (Å²) in [5.41, 5.74) is 6.03. The molecule has 4 heteroatoms. The summed E-state index contributed by atoms with van der Waals surface area (Å²) in [7, 11) is -1.61. The average molecular weight is 327 g/mol. The fraction of sp³-hybridized carbons (Fsp3) is 0.211. The zero-order valence-electron chi connectivity index (χ0n) is 13.7. The number of aryl methyl sites for hydroxylation is 1. The predicted octanol–water partition coefficient (Wildman–Crippen LogP) is 5.27. The summed E-state index contributed by atoms with van der Waals surface area (Å²) >= 11 is 0. The van der Waals surface area contributed by atoms with E-state index in [1.165, 1.54) is 6.07 Å². The molecular formula is C19H19F2NSi. The molecule has 0 aromatic heterocycles. The van der Waals surface area contributed by atoms with Crippen LogP contribution in [-0.2, 0) is 0 Å². The summed E-state index contributed by atoms with van der Waals surface area (Å²) < 4.78 is 26.7. The van der Waals surface area contributed by atoms with Gasteiger partial charge in [-0.25, -0.2) is 13.8 Å². The smallest absolute Gasteiger partial charge is 0.159 e. The summed E-state index contributed by atoms with van der Waals surface area (Å²) in [5, 5.41) is 0. The molecule has 2 aromatic carbocycles. The minimum atomic E-state index is -1.61. The van der Waals surface area contributed by atoms with Crippen molar-refractivity contribution < 1.29 is 8.78 Å². The van der Waals surface area contributed by atoms with E-state index in [1.54, 1.807) is 0 Å². The number of hydrogen-bond donors (Lipinski definition) is 0. The van der Waals surface area contributed by atoms with Gasteiger partial charge in [-0.3, -0.25) is 0 Å². The molecule has 118 valence electrons. The molecule has 0 fully saturated rings. The highest BCUT2D eigenvalue weighted by Crippen LogP contribution is 2.16. The van der Waals surface area contributed by atoms with Crippen molar-refractivity contribution in [2.75, 3.05) is 0 Å². The molecule has 0 radical (unpaired) electrons. The van der Waals surface area contributed by atoms with Crippen molar-refractivity contribution in [3.05, 3.63) is 65.2 Å².